The first-order valence-corrected chi connectivity index (χ1v) is 6.25. The average molecular weight is 250 g/mol. The van der Waals surface area contributed by atoms with Gasteiger partial charge in [0, 0.05) is 4.70 Å². The first-order valence-electron chi connectivity index (χ1n) is 5.43. The van der Waals surface area contributed by atoms with E-state index < -0.39 is 7.32 Å². The molecule has 5 heteroatoms. The lowest BCUT2D eigenvalue weighted by Gasteiger charge is -2.18. The minimum absolute atomic E-state index is 0.105. The van der Waals surface area contributed by atoms with Crippen LogP contribution in [0.5, 0.6) is 5.06 Å². The molecule has 0 atom stereocenters. The zero-order valence-electron chi connectivity index (χ0n) is 10.1. The lowest BCUT2D eigenvalue weighted by molar-refractivity contribution is 0.292. The molecule has 1 aromatic carbocycles. The van der Waals surface area contributed by atoms with Gasteiger partial charge in [-0.25, -0.2) is 0 Å². The van der Waals surface area contributed by atoms with E-state index >= 15 is 0 Å². The molecule has 0 bridgehead atoms. The Balaban J connectivity index is 2.41. The second-order valence-electron chi connectivity index (χ2n) is 5.01. The summed E-state index contributed by atoms with van der Waals surface area (Å²) in [5, 5.41) is 19.1. The Morgan fingerprint density at radius 2 is 1.88 bits per heavy atom. The molecule has 0 saturated carbocycles. The van der Waals surface area contributed by atoms with Crippen LogP contribution in [-0.4, -0.2) is 17.4 Å². The maximum absolute atomic E-state index is 8.75. The second kappa shape index (κ2) is 4.33. The van der Waals surface area contributed by atoms with Crippen LogP contribution in [0.25, 0.3) is 10.1 Å². The van der Waals surface area contributed by atoms with E-state index in [4.69, 9.17) is 14.7 Å². The fraction of sp³-hybridized carbons (Fsp3) is 0.333. The highest BCUT2D eigenvalue weighted by molar-refractivity contribution is 7.20. The number of thiophene rings is 1. The molecule has 3 nitrogen and oxygen atoms in total. The van der Waals surface area contributed by atoms with Crippen molar-refractivity contribution in [3.63, 3.8) is 0 Å². The van der Waals surface area contributed by atoms with Crippen molar-refractivity contribution in [1.82, 2.24) is 0 Å². The van der Waals surface area contributed by atoms with Crippen molar-refractivity contribution in [2.24, 2.45) is 0 Å². The standard InChI is InChI=1S/C12H15BO3S/c1-12(2,3)9-4-5-10-8(6-9)7-11(17-10)16-13(14)15/h4-7,14-15H,1-3H3. The maximum Gasteiger partial charge on any atom is 0.708 e. The van der Waals surface area contributed by atoms with Crippen LogP contribution in [-0.2, 0) is 5.41 Å². The molecule has 0 aliphatic carbocycles. The van der Waals surface area contributed by atoms with Gasteiger partial charge in [-0.15, -0.1) is 11.3 Å². The third-order valence-corrected chi connectivity index (χ3v) is 3.59. The summed E-state index contributed by atoms with van der Waals surface area (Å²) < 4.78 is 5.93. The minimum Gasteiger partial charge on any atom is -0.504 e. The topological polar surface area (TPSA) is 49.7 Å². The Bertz CT molecular complexity index is 528. The molecule has 1 aromatic heterocycles. The molecule has 0 amide bonds. The molecule has 17 heavy (non-hydrogen) atoms. The zero-order valence-corrected chi connectivity index (χ0v) is 10.9. The van der Waals surface area contributed by atoms with Crippen LogP contribution in [0.4, 0.5) is 0 Å². The van der Waals surface area contributed by atoms with Crippen molar-refractivity contribution in [1.29, 1.82) is 0 Å². The Kier molecular flexibility index (Phi) is 3.16. The molecule has 2 N–H and O–H groups in total. The van der Waals surface area contributed by atoms with Gasteiger partial charge in [-0.3, -0.25) is 0 Å². The van der Waals surface area contributed by atoms with E-state index in [1.54, 1.807) is 0 Å². The van der Waals surface area contributed by atoms with Gasteiger partial charge in [0.1, 0.15) is 0 Å². The summed E-state index contributed by atoms with van der Waals surface area (Å²) in [6.07, 6.45) is 0. The van der Waals surface area contributed by atoms with Gasteiger partial charge >= 0.3 is 7.32 Å². The van der Waals surface area contributed by atoms with Gasteiger partial charge < -0.3 is 14.7 Å². The van der Waals surface area contributed by atoms with Gasteiger partial charge in [0.25, 0.3) is 0 Å². The van der Waals surface area contributed by atoms with Gasteiger partial charge in [-0.2, -0.15) is 0 Å². The van der Waals surface area contributed by atoms with Gasteiger partial charge in [0.2, 0.25) is 0 Å². The molecule has 0 saturated heterocycles. The molecule has 90 valence electrons. The summed E-state index contributed by atoms with van der Waals surface area (Å²) in [7, 11) is -1.76. The minimum atomic E-state index is -1.76. The molecule has 0 aliphatic heterocycles. The van der Waals surface area contributed by atoms with E-state index in [9.17, 15) is 0 Å². The van der Waals surface area contributed by atoms with E-state index in [2.05, 4.69) is 32.9 Å². The van der Waals surface area contributed by atoms with Crippen molar-refractivity contribution in [3.05, 3.63) is 29.8 Å². The van der Waals surface area contributed by atoms with Crippen LogP contribution in [0, 0.1) is 0 Å². The quantitative estimate of drug-likeness (QED) is 0.805. The van der Waals surface area contributed by atoms with E-state index in [1.165, 1.54) is 16.9 Å². The highest BCUT2D eigenvalue weighted by atomic mass is 32.1. The second-order valence-corrected chi connectivity index (χ2v) is 6.06. The lowest BCUT2D eigenvalue weighted by Crippen LogP contribution is -2.19. The Hall–Kier alpha value is -1.04. The zero-order chi connectivity index (χ0) is 12.6. The molecule has 0 unspecified atom stereocenters. The van der Waals surface area contributed by atoms with Crippen LogP contribution in [0.15, 0.2) is 24.3 Å². The van der Waals surface area contributed by atoms with E-state index in [1.807, 2.05) is 12.1 Å². The first kappa shape index (κ1) is 12.4. The Morgan fingerprint density at radius 1 is 1.18 bits per heavy atom. The molecule has 0 radical (unpaired) electrons. The molecule has 0 spiro atoms. The summed E-state index contributed by atoms with van der Waals surface area (Å²) in [6, 6.07) is 8.08. The summed E-state index contributed by atoms with van der Waals surface area (Å²) in [5.74, 6) is 0. The van der Waals surface area contributed by atoms with Crippen LogP contribution in [0.1, 0.15) is 26.3 Å². The monoisotopic (exact) mass is 250 g/mol. The molecule has 2 aromatic rings. The van der Waals surface area contributed by atoms with Crippen molar-refractivity contribution in [3.8, 4) is 5.06 Å². The Morgan fingerprint density at radius 3 is 2.47 bits per heavy atom. The number of hydrogen-bond donors (Lipinski definition) is 2. The van der Waals surface area contributed by atoms with E-state index in [-0.39, 0.29) is 5.41 Å². The number of rotatable bonds is 2. The first-order chi connectivity index (χ1) is 7.86. The molecular weight excluding hydrogens is 235 g/mol. The van der Waals surface area contributed by atoms with Gasteiger partial charge in [0.05, 0.1) is 0 Å². The Labute approximate surface area is 105 Å². The summed E-state index contributed by atoms with van der Waals surface area (Å²) >= 11 is 1.40. The highest BCUT2D eigenvalue weighted by Gasteiger charge is 2.16. The van der Waals surface area contributed by atoms with Gasteiger partial charge in [-0.05, 0) is 34.6 Å². The van der Waals surface area contributed by atoms with Crippen molar-refractivity contribution in [2.75, 3.05) is 0 Å². The van der Waals surface area contributed by atoms with E-state index in [0.29, 0.717) is 5.06 Å². The normalized spacial score (nSPS) is 11.8. The summed E-state index contributed by atoms with van der Waals surface area (Å²) in [4.78, 5) is 0. The van der Waals surface area contributed by atoms with Gasteiger partial charge in [0.15, 0.2) is 5.06 Å². The lowest BCUT2D eigenvalue weighted by atomic mass is 9.87. The van der Waals surface area contributed by atoms with Crippen LogP contribution >= 0.6 is 11.3 Å². The summed E-state index contributed by atoms with van der Waals surface area (Å²) in [5.41, 5.74) is 1.35. The predicted molar refractivity (Wildman–Crippen MR) is 71.3 cm³/mol. The molecule has 2 rings (SSSR count). The fourth-order valence-electron chi connectivity index (χ4n) is 1.65. The smallest absolute Gasteiger partial charge is 0.504 e. The van der Waals surface area contributed by atoms with Gasteiger partial charge in [-0.1, -0.05) is 26.8 Å². The van der Waals surface area contributed by atoms with E-state index in [0.717, 1.165) is 10.1 Å². The number of hydrogen-bond acceptors (Lipinski definition) is 4. The highest BCUT2D eigenvalue weighted by Crippen LogP contribution is 2.34. The average Bonchev–Trinajstić information content (AvgIpc) is 2.55. The third kappa shape index (κ3) is 2.80. The van der Waals surface area contributed by atoms with Crippen molar-refractivity contribution < 1.29 is 14.7 Å². The third-order valence-electron chi connectivity index (χ3n) is 2.58. The SMILES string of the molecule is CC(C)(C)c1ccc2sc(OB(O)O)cc2c1. The van der Waals surface area contributed by atoms with Crippen molar-refractivity contribution >= 4 is 28.7 Å². The summed E-state index contributed by atoms with van der Waals surface area (Å²) in [6.45, 7) is 6.49. The van der Waals surface area contributed by atoms with Crippen LogP contribution in [0.3, 0.4) is 0 Å². The van der Waals surface area contributed by atoms with Crippen molar-refractivity contribution in [2.45, 2.75) is 26.2 Å². The largest absolute Gasteiger partial charge is 0.708 e. The maximum atomic E-state index is 8.75. The van der Waals surface area contributed by atoms with Crippen LogP contribution in [0.2, 0.25) is 0 Å². The molecule has 0 aliphatic rings. The number of benzene rings is 1. The number of fused-ring (bicyclic) bond motifs is 1. The molecule has 1 heterocycles. The van der Waals surface area contributed by atoms with Crippen LogP contribution < -0.4 is 4.65 Å². The molecular formula is C12H15BO3S. The molecule has 0 fully saturated rings. The fourth-order valence-corrected chi connectivity index (χ4v) is 2.56. The predicted octanol–water partition coefficient (Wildman–Crippen LogP) is 2.55.